The van der Waals surface area contributed by atoms with Crippen LogP contribution < -0.4 is 15.6 Å². The lowest BCUT2D eigenvalue weighted by molar-refractivity contribution is -0.270. The molecule has 4 rings (SSSR count). The number of nitrogens with one attached hydrogen (secondary N) is 1. The number of methoxy groups -OCH3 is 1. The van der Waals surface area contributed by atoms with Crippen LogP contribution in [0.3, 0.4) is 0 Å². The van der Waals surface area contributed by atoms with Crippen LogP contribution in [-0.2, 0) is 0 Å². The Kier molecular flexibility index (Phi) is 8.30. The van der Waals surface area contributed by atoms with Gasteiger partial charge in [0.25, 0.3) is 5.56 Å². The summed E-state index contributed by atoms with van der Waals surface area (Å²) in [5, 5.41) is 13.1. The summed E-state index contributed by atoms with van der Waals surface area (Å²) < 4.78 is 93.3. The summed E-state index contributed by atoms with van der Waals surface area (Å²) in [6.45, 7) is -0.994. The molecule has 0 radical (unpaired) electrons. The second kappa shape index (κ2) is 11.3. The average Bonchev–Trinajstić information content (AvgIpc) is 2.88. The first-order chi connectivity index (χ1) is 19.2. The van der Waals surface area contributed by atoms with Gasteiger partial charge in [0.1, 0.15) is 11.6 Å². The summed E-state index contributed by atoms with van der Waals surface area (Å²) in [5.41, 5.74) is -4.89. The minimum atomic E-state index is -5.30. The van der Waals surface area contributed by atoms with Gasteiger partial charge in [-0.2, -0.15) is 13.2 Å². The molecule has 0 bridgehead atoms. The highest BCUT2D eigenvalue weighted by Crippen LogP contribution is 2.46. The number of hydrogen-bond donors (Lipinski definition) is 2. The molecule has 0 saturated heterocycles. The van der Waals surface area contributed by atoms with Gasteiger partial charge in [0.15, 0.2) is 17.2 Å². The van der Waals surface area contributed by atoms with Gasteiger partial charge < -0.3 is 20.1 Å². The number of likely N-dealkylation sites (N-methyl/N-ethyl adjacent to an activating group) is 1. The molecule has 41 heavy (non-hydrogen) atoms. The van der Waals surface area contributed by atoms with Crippen LogP contribution in [0.4, 0.5) is 32.0 Å². The summed E-state index contributed by atoms with van der Waals surface area (Å²) in [6.07, 6.45) is -5.30. The van der Waals surface area contributed by atoms with Gasteiger partial charge in [-0.25, -0.2) is 13.2 Å². The number of ether oxygens (including phenoxy) is 1. The molecule has 13 heteroatoms. The lowest BCUT2D eigenvalue weighted by Crippen LogP contribution is -2.58. The van der Waals surface area contributed by atoms with Crippen LogP contribution in [0.25, 0.3) is 16.6 Å². The van der Waals surface area contributed by atoms with Crippen LogP contribution in [0.2, 0.25) is 5.02 Å². The van der Waals surface area contributed by atoms with Crippen LogP contribution in [0.5, 0.6) is 5.75 Å². The van der Waals surface area contributed by atoms with Crippen LogP contribution in [0.1, 0.15) is 11.6 Å². The van der Waals surface area contributed by atoms with E-state index in [1.807, 2.05) is 0 Å². The highest BCUT2D eigenvalue weighted by molar-refractivity contribution is 6.31. The highest BCUT2D eigenvalue weighted by atomic mass is 35.5. The van der Waals surface area contributed by atoms with E-state index in [-0.39, 0.29) is 28.0 Å². The smallest absolute Gasteiger partial charge is 0.420 e. The van der Waals surface area contributed by atoms with Crippen LogP contribution in [-0.4, -0.2) is 54.1 Å². The summed E-state index contributed by atoms with van der Waals surface area (Å²) in [6, 6.07) is 8.84. The summed E-state index contributed by atoms with van der Waals surface area (Å²) in [5.74, 6) is -3.05. The summed E-state index contributed by atoms with van der Waals surface area (Å²) in [4.78, 5) is 13.9. The fraction of sp³-hybridized carbons (Fsp3) is 0.250. The third kappa shape index (κ3) is 5.72. The number of pyridine rings is 1. The van der Waals surface area contributed by atoms with Crippen molar-refractivity contribution in [1.29, 1.82) is 0 Å². The number of fused-ring (bicyclic) bond motifs is 1. The molecule has 0 fully saturated rings. The van der Waals surface area contributed by atoms with E-state index in [1.54, 1.807) is 0 Å². The number of halogens is 7. The van der Waals surface area contributed by atoms with Crippen molar-refractivity contribution in [2.45, 2.75) is 17.8 Å². The second-order valence-electron chi connectivity index (χ2n) is 9.59. The maximum absolute atomic E-state index is 15.0. The summed E-state index contributed by atoms with van der Waals surface area (Å²) in [7, 11) is 3.73. The largest absolute Gasteiger partial charge is 0.494 e. The van der Waals surface area contributed by atoms with E-state index in [0.717, 1.165) is 59.0 Å². The van der Waals surface area contributed by atoms with E-state index in [9.17, 15) is 31.9 Å². The minimum Gasteiger partial charge on any atom is -0.494 e. The molecule has 3 aromatic carbocycles. The minimum absolute atomic E-state index is 0.0690. The lowest BCUT2D eigenvalue weighted by atomic mass is 9.86. The van der Waals surface area contributed by atoms with E-state index in [0.29, 0.717) is 0 Å². The van der Waals surface area contributed by atoms with E-state index in [4.69, 9.17) is 16.3 Å². The molecule has 0 spiro atoms. The van der Waals surface area contributed by atoms with Gasteiger partial charge in [-0.05, 0) is 68.2 Å². The van der Waals surface area contributed by atoms with E-state index in [2.05, 4.69) is 5.32 Å². The maximum atomic E-state index is 15.0. The molecule has 0 aliphatic rings. The van der Waals surface area contributed by atoms with Crippen molar-refractivity contribution in [2.24, 2.45) is 0 Å². The molecule has 0 amide bonds. The zero-order valence-corrected chi connectivity index (χ0v) is 22.6. The lowest BCUT2D eigenvalue weighted by Gasteiger charge is -2.41. The van der Waals surface area contributed by atoms with Crippen LogP contribution in [0.15, 0.2) is 65.5 Å². The maximum Gasteiger partial charge on any atom is 0.420 e. The molecular formula is C28H24ClF6N3O3. The quantitative estimate of drug-likeness (QED) is 0.241. The number of anilines is 1. The monoisotopic (exact) mass is 599 g/mol. The predicted octanol–water partition coefficient (Wildman–Crippen LogP) is 6.08. The van der Waals surface area contributed by atoms with Gasteiger partial charge in [0.2, 0.25) is 0 Å². The molecule has 1 aromatic heterocycles. The summed E-state index contributed by atoms with van der Waals surface area (Å²) >= 11 is 6.18. The fourth-order valence-electron chi connectivity index (χ4n) is 4.65. The average molecular weight is 600 g/mol. The second-order valence-corrected chi connectivity index (χ2v) is 9.97. The predicted molar refractivity (Wildman–Crippen MR) is 143 cm³/mol. The van der Waals surface area contributed by atoms with Crippen molar-refractivity contribution in [1.82, 2.24) is 9.47 Å². The van der Waals surface area contributed by atoms with E-state index >= 15 is 4.39 Å². The molecule has 2 N–H and O–H groups in total. The SMILES string of the molecule is COc1ccc(C(Nc2cc(F)cc3c2ccc(=O)n3-c2ccc(F)cc2)C(O)(CN(C)C)C(F)(F)F)c(Cl)c1F. The van der Waals surface area contributed by atoms with Crippen molar-refractivity contribution < 1.29 is 36.2 Å². The van der Waals surface area contributed by atoms with Gasteiger partial charge in [0.05, 0.1) is 23.7 Å². The molecule has 218 valence electrons. The number of nitrogens with zero attached hydrogens (tertiary/aromatic N) is 2. The molecule has 1 heterocycles. The van der Waals surface area contributed by atoms with E-state index < -0.39 is 58.0 Å². The van der Waals surface area contributed by atoms with Gasteiger partial charge >= 0.3 is 6.18 Å². The Hall–Kier alpha value is -3.74. The zero-order chi connectivity index (χ0) is 30.3. The number of alkyl halides is 3. The first-order valence-corrected chi connectivity index (χ1v) is 12.4. The Morgan fingerprint density at radius 2 is 1.66 bits per heavy atom. The van der Waals surface area contributed by atoms with Crippen molar-refractivity contribution in [3.63, 3.8) is 0 Å². The molecule has 0 saturated carbocycles. The van der Waals surface area contributed by atoms with Crippen molar-refractivity contribution in [2.75, 3.05) is 33.1 Å². The molecule has 2 atom stereocenters. The number of benzene rings is 3. The molecule has 0 aliphatic heterocycles. The third-order valence-electron chi connectivity index (χ3n) is 6.49. The molecule has 4 aromatic rings. The Morgan fingerprint density at radius 1 is 1.00 bits per heavy atom. The van der Waals surface area contributed by atoms with Crippen LogP contribution >= 0.6 is 11.6 Å². The van der Waals surface area contributed by atoms with E-state index in [1.165, 1.54) is 32.3 Å². The number of hydrogen-bond acceptors (Lipinski definition) is 5. The normalized spacial score (nSPS) is 14.2. The van der Waals surface area contributed by atoms with Gasteiger partial charge in [-0.1, -0.05) is 17.7 Å². The first-order valence-electron chi connectivity index (χ1n) is 12.0. The van der Waals surface area contributed by atoms with Gasteiger partial charge in [-0.15, -0.1) is 0 Å². The third-order valence-corrected chi connectivity index (χ3v) is 6.88. The van der Waals surface area contributed by atoms with Crippen LogP contribution in [0, 0.1) is 17.5 Å². The number of aromatic nitrogens is 1. The molecular weight excluding hydrogens is 576 g/mol. The Morgan fingerprint density at radius 3 is 2.24 bits per heavy atom. The topological polar surface area (TPSA) is 66.7 Å². The first kappa shape index (κ1) is 30.2. The standard InChI is InChI=1S/C28H24ClF6N3O3/c1-37(2)14-27(40,28(33,34)35)26(19-8-10-22(41-3)25(32)24(19)29)36-20-12-16(31)13-21-18(20)9-11-23(39)38(21)17-6-4-15(30)5-7-17/h4-13,26,36,40H,14H2,1-3H3. The Bertz CT molecular complexity index is 1640. The Balaban J connectivity index is 2.01. The molecule has 0 aliphatic carbocycles. The van der Waals surface area contributed by atoms with Crippen molar-refractivity contribution in [3.05, 3.63) is 99.1 Å². The van der Waals surface area contributed by atoms with Gasteiger partial charge in [-0.3, -0.25) is 9.36 Å². The van der Waals surface area contributed by atoms with Crippen molar-refractivity contribution >= 4 is 28.2 Å². The van der Waals surface area contributed by atoms with Gasteiger partial charge in [0, 0.05) is 29.4 Å². The zero-order valence-electron chi connectivity index (χ0n) is 21.9. The highest BCUT2D eigenvalue weighted by Gasteiger charge is 2.60. The number of rotatable bonds is 8. The Labute approximate surface area is 235 Å². The molecule has 6 nitrogen and oxygen atoms in total. The van der Waals surface area contributed by atoms with Crippen molar-refractivity contribution in [3.8, 4) is 11.4 Å². The number of aliphatic hydroxyl groups is 1. The fourth-order valence-corrected chi connectivity index (χ4v) is 4.92. The molecule has 2 unspecified atom stereocenters.